The molecular weight excluding hydrogens is 348 g/mol. The summed E-state index contributed by atoms with van der Waals surface area (Å²) in [6.07, 6.45) is 3.27. The van der Waals surface area contributed by atoms with Gasteiger partial charge in [0.15, 0.2) is 0 Å². The Hall–Kier alpha value is -2.77. The number of hydrogen-bond acceptors (Lipinski definition) is 3. The second-order valence-corrected chi connectivity index (χ2v) is 7.65. The van der Waals surface area contributed by atoms with Gasteiger partial charge in [0.1, 0.15) is 0 Å². The topological polar surface area (TPSA) is 102 Å². The smallest absolute Gasteiger partial charge is 0.321 e. The predicted molar refractivity (Wildman–Crippen MR) is 99.8 cm³/mol. The molecule has 2 heterocycles. The van der Waals surface area contributed by atoms with Crippen molar-refractivity contribution in [3.63, 3.8) is 0 Å². The second-order valence-electron chi connectivity index (χ2n) is 7.65. The van der Waals surface area contributed by atoms with Crippen molar-refractivity contribution >= 4 is 29.4 Å². The molecule has 2 saturated heterocycles. The third-order valence-corrected chi connectivity index (χ3v) is 6.07. The summed E-state index contributed by atoms with van der Waals surface area (Å²) in [6.45, 7) is 2.05. The minimum atomic E-state index is -0.793. The number of nitrogens with one attached hydrogen (secondary N) is 2. The molecule has 4 amide bonds. The molecule has 3 N–H and O–H groups in total. The summed E-state index contributed by atoms with van der Waals surface area (Å²) in [5, 5.41) is 15.3. The summed E-state index contributed by atoms with van der Waals surface area (Å²) in [7, 11) is 0. The van der Waals surface area contributed by atoms with Gasteiger partial charge in [-0.05, 0) is 43.4 Å². The Labute approximate surface area is 157 Å². The zero-order valence-electron chi connectivity index (χ0n) is 15.1. The van der Waals surface area contributed by atoms with Crippen molar-refractivity contribution < 1.29 is 19.5 Å². The fourth-order valence-electron chi connectivity index (χ4n) is 4.62. The zero-order valence-corrected chi connectivity index (χ0v) is 15.1. The zero-order chi connectivity index (χ0) is 19.0. The Morgan fingerprint density at radius 2 is 2.15 bits per heavy atom. The molecule has 1 aliphatic carbocycles. The van der Waals surface area contributed by atoms with Crippen LogP contribution in [0.25, 0.3) is 0 Å². The van der Waals surface area contributed by atoms with Crippen molar-refractivity contribution in [2.75, 3.05) is 36.4 Å². The fraction of sp³-hybridized carbons (Fsp3) is 0.526. The molecule has 8 heteroatoms. The number of likely N-dealkylation sites (tertiary alicyclic amines) is 1. The van der Waals surface area contributed by atoms with E-state index in [4.69, 9.17) is 0 Å². The van der Waals surface area contributed by atoms with Crippen LogP contribution >= 0.6 is 0 Å². The largest absolute Gasteiger partial charge is 0.481 e. The molecule has 1 aromatic rings. The van der Waals surface area contributed by atoms with Gasteiger partial charge in [0.2, 0.25) is 0 Å². The van der Waals surface area contributed by atoms with Gasteiger partial charge in [0.05, 0.1) is 5.41 Å². The third-order valence-electron chi connectivity index (χ3n) is 6.07. The summed E-state index contributed by atoms with van der Waals surface area (Å²) in [5.41, 5.74) is 0.535. The van der Waals surface area contributed by atoms with E-state index in [0.29, 0.717) is 31.7 Å². The van der Waals surface area contributed by atoms with Crippen LogP contribution in [0.4, 0.5) is 21.0 Å². The first kappa shape index (κ1) is 17.6. The fourth-order valence-corrected chi connectivity index (χ4v) is 4.62. The van der Waals surface area contributed by atoms with Crippen LogP contribution < -0.4 is 15.5 Å². The summed E-state index contributed by atoms with van der Waals surface area (Å²) >= 11 is 0. The van der Waals surface area contributed by atoms with Crippen LogP contribution in [-0.2, 0) is 4.79 Å². The number of carboxylic acid groups (broad SMARTS) is 1. The van der Waals surface area contributed by atoms with Crippen LogP contribution in [0.3, 0.4) is 0 Å². The van der Waals surface area contributed by atoms with E-state index in [1.807, 2.05) is 6.07 Å². The first-order valence-corrected chi connectivity index (χ1v) is 9.44. The van der Waals surface area contributed by atoms with Gasteiger partial charge in [0.25, 0.3) is 0 Å². The molecule has 144 valence electrons. The average molecular weight is 372 g/mol. The van der Waals surface area contributed by atoms with Gasteiger partial charge in [0, 0.05) is 37.6 Å². The lowest BCUT2D eigenvalue weighted by atomic mass is 9.81. The number of rotatable bonds is 3. The Morgan fingerprint density at radius 1 is 1.30 bits per heavy atom. The van der Waals surface area contributed by atoms with Gasteiger partial charge in [-0.2, -0.15) is 0 Å². The molecule has 0 unspecified atom stereocenters. The standard InChI is InChI=1S/C19H24N4O4/c24-16(25)19-7-2-4-13(19)11-22(12-19)18(27)21-14-5-1-6-15(10-14)23-9-3-8-20-17(23)26/h1,5-6,10,13H,2-4,7-9,11-12H2,(H,20,26)(H,21,27)(H,24,25)/t13-,19+/m0/s1. The number of hydrogen-bond donors (Lipinski definition) is 3. The van der Waals surface area contributed by atoms with Crippen molar-refractivity contribution in [3.05, 3.63) is 24.3 Å². The second kappa shape index (κ2) is 6.75. The summed E-state index contributed by atoms with van der Waals surface area (Å²) in [6, 6.07) is 6.75. The van der Waals surface area contributed by atoms with Crippen LogP contribution in [0.1, 0.15) is 25.7 Å². The van der Waals surface area contributed by atoms with Crippen molar-refractivity contribution in [2.45, 2.75) is 25.7 Å². The Morgan fingerprint density at radius 3 is 2.89 bits per heavy atom. The highest BCUT2D eigenvalue weighted by Gasteiger charge is 2.55. The number of carbonyl (C=O) groups is 3. The van der Waals surface area contributed by atoms with Crippen LogP contribution in [0.5, 0.6) is 0 Å². The maximum Gasteiger partial charge on any atom is 0.321 e. The SMILES string of the molecule is O=C(Nc1cccc(N2CCCNC2=O)c1)N1C[C@@H]2CCC[C@@]2(C(=O)O)C1. The number of fused-ring (bicyclic) bond motifs is 1. The lowest BCUT2D eigenvalue weighted by Gasteiger charge is -2.28. The van der Waals surface area contributed by atoms with E-state index >= 15 is 0 Å². The molecule has 1 saturated carbocycles. The van der Waals surface area contributed by atoms with Crippen molar-refractivity contribution in [1.82, 2.24) is 10.2 Å². The quantitative estimate of drug-likeness (QED) is 0.758. The van der Waals surface area contributed by atoms with E-state index in [9.17, 15) is 19.5 Å². The molecular formula is C19H24N4O4. The van der Waals surface area contributed by atoms with Crippen molar-refractivity contribution in [1.29, 1.82) is 0 Å². The average Bonchev–Trinajstić information content (AvgIpc) is 3.21. The highest BCUT2D eigenvalue weighted by atomic mass is 16.4. The molecule has 3 fully saturated rings. The number of nitrogens with zero attached hydrogens (tertiary/aromatic N) is 2. The molecule has 0 aromatic heterocycles. The first-order chi connectivity index (χ1) is 13.0. The molecule has 2 atom stereocenters. The van der Waals surface area contributed by atoms with Gasteiger partial charge in [-0.3, -0.25) is 9.69 Å². The third kappa shape index (κ3) is 3.09. The van der Waals surface area contributed by atoms with E-state index in [2.05, 4.69) is 10.6 Å². The lowest BCUT2D eigenvalue weighted by molar-refractivity contribution is -0.149. The molecule has 8 nitrogen and oxygen atoms in total. The van der Waals surface area contributed by atoms with Crippen LogP contribution in [0.15, 0.2) is 24.3 Å². The Balaban J connectivity index is 1.45. The molecule has 0 bridgehead atoms. The molecule has 0 radical (unpaired) electrons. The van der Waals surface area contributed by atoms with Crippen molar-refractivity contribution in [3.8, 4) is 0 Å². The van der Waals surface area contributed by atoms with Gasteiger partial charge in [-0.1, -0.05) is 12.5 Å². The highest BCUT2D eigenvalue weighted by molar-refractivity contribution is 5.95. The van der Waals surface area contributed by atoms with Crippen LogP contribution in [0.2, 0.25) is 0 Å². The molecule has 4 rings (SSSR count). The minimum absolute atomic E-state index is 0.0316. The number of urea groups is 2. The normalized spacial score (nSPS) is 27.3. The Bertz CT molecular complexity index is 783. The van der Waals surface area contributed by atoms with Crippen LogP contribution in [-0.4, -0.2) is 54.2 Å². The predicted octanol–water partition coefficient (Wildman–Crippen LogP) is 2.32. The highest BCUT2D eigenvalue weighted by Crippen LogP contribution is 2.48. The maximum atomic E-state index is 12.7. The number of benzene rings is 1. The van der Waals surface area contributed by atoms with E-state index in [1.54, 1.807) is 28.0 Å². The number of carboxylic acids is 1. The maximum absolute atomic E-state index is 12.7. The molecule has 2 aliphatic heterocycles. The number of amides is 4. The Kier molecular flexibility index (Phi) is 4.41. The molecule has 27 heavy (non-hydrogen) atoms. The van der Waals surface area contributed by atoms with E-state index < -0.39 is 11.4 Å². The van der Waals surface area contributed by atoms with Gasteiger partial charge >= 0.3 is 18.0 Å². The van der Waals surface area contributed by atoms with E-state index in [1.165, 1.54) is 0 Å². The van der Waals surface area contributed by atoms with Crippen molar-refractivity contribution in [2.24, 2.45) is 11.3 Å². The molecule has 1 aromatic carbocycles. The number of anilines is 2. The van der Waals surface area contributed by atoms with E-state index in [0.717, 1.165) is 24.9 Å². The first-order valence-electron chi connectivity index (χ1n) is 9.44. The van der Waals surface area contributed by atoms with Crippen LogP contribution in [0, 0.1) is 11.3 Å². The summed E-state index contributed by atoms with van der Waals surface area (Å²) in [5.74, 6) is -0.762. The van der Waals surface area contributed by atoms with E-state index in [-0.39, 0.29) is 24.5 Å². The molecule has 3 aliphatic rings. The molecule has 0 spiro atoms. The summed E-state index contributed by atoms with van der Waals surface area (Å²) < 4.78 is 0. The monoisotopic (exact) mass is 372 g/mol. The number of aliphatic carboxylic acids is 1. The van der Waals surface area contributed by atoms with Gasteiger partial charge in [-0.25, -0.2) is 9.59 Å². The minimum Gasteiger partial charge on any atom is -0.481 e. The lowest BCUT2D eigenvalue weighted by Crippen LogP contribution is -2.46. The number of carbonyl (C=O) groups excluding carboxylic acids is 2. The van der Waals surface area contributed by atoms with Gasteiger partial charge < -0.3 is 20.6 Å². The van der Waals surface area contributed by atoms with Gasteiger partial charge in [-0.15, -0.1) is 0 Å². The summed E-state index contributed by atoms with van der Waals surface area (Å²) in [4.78, 5) is 39.7.